The van der Waals surface area contributed by atoms with E-state index in [1.165, 1.54) is 11.1 Å². The van der Waals surface area contributed by atoms with Gasteiger partial charge in [-0.05, 0) is 19.1 Å². The molecule has 0 saturated heterocycles. The summed E-state index contributed by atoms with van der Waals surface area (Å²) in [6.07, 6.45) is 0. The van der Waals surface area contributed by atoms with Gasteiger partial charge in [-0.2, -0.15) is 0 Å². The minimum Gasteiger partial charge on any atom is -0.405 e. The second kappa shape index (κ2) is 6.67. The van der Waals surface area contributed by atoms with Crippen LogP contribution >= 0.6 is 34.4 Å². The average molecular weight is 184 g/mol. The fourth-order valence-electron chi connectivity index (χ4n) is 0.130. The van der Waals surface area contributed by atoms with Gasteiger partial charge in [-0.1, -0.05) is 0 Å². The van der Waals surface area contributed by atoms with Gasteiger partial charge in [0.05, 0.1) is 6.61 Å². The first-order valence-corrected chi connectivity index (χ1v) is 4.81. The van der Waals surface area contributed by atoms with Crippen molar-refractivity contribution in [3.63, 3.8) is 0 Å². The molecule has 0 amide bonds. The molecule has 0 saturated carbocycles. The van der Waals surface area contributed by atoms with Crippen molar-refractivity contribution in [1.82, 2.24) is 0 Å². The van der Waals surface area contributed by atoms with Gasteiger partial charge >= 0.3 is 0 Å². The van der Waals surface area contributed by atoms with Crippen LogP contribution in [0.1, 0.15) is 13.8 Å². The van der Waals surface area contributed by atoms with E-state index in [1.54, 1.807) is 6.92 Å². The van der Waals surface area contributed by atoms with Crippen molar-refractivity contribution in [2.75, 3.05) is 6.61 Å². The molecule has 0 aromatic heterocycles. The zero-order chi connectivity index (χ0) is 7.11. The lowest BCUT2D eigenvalue weighted by molar-refractivity contribution is 0.407. The van der Waals surface area contributed by atoms with Crippen molar-refractivity contribution in [3.05, 3.63) is 0 Å². The van der Waals surface area contributed by atoms with E-state index >= 15 is 0 Å². The standard InChI is InChI=1S/C4H8O2S3/c1-3-5-8-9-6-4(2)7/h3H2,1-2H3. The molecule has 0 aliphatic heterocycles. The van der Waals surface area contributed by atoms with Gasteiger partial charge in [0.15, 0.2) is 16.1 Å². The number of hydrogen-bond donors (Lipinski definition) is 0. The zero-order valence-corrected chi connectivity index (χ0v) is 7.70. The SMILES string of the molecule is CCOSSOC(C)=S. The van der Waals surface area contributed by atoms with Crippen molar-refractivity contribution in [2.45, 2.75) is 13.8 Å². The van der Waals surface area contributed by atoms with Crippen LogP contribution in [0.15, 0.2) is 0 Å². The predicted octanol–water partition coefficient (Wildman–Crippen LogP) is 2.60. The molecule has 0 radical (unpaired) electrons. The minimum absolute atomic E-state index is 0.521. The van der Waals surface area contributed by atoms with E-state index in [-0.39, 0.29) is 0 Å². The summed E-state index contributed by atoms with van der Waals surface area (Å²) in [4.78, 5) is 0. The van der Waals surface area contributed by atoms with E-state index in [2.05, 4.69) is 12.2 Å². The second-order valence-electron chi connectivity index (χ2n) is 1.12. The number of rotatable bonds is 4. The summed E-state index contributed by atoms with van der Waals surface area (Å²) >= 11 is 6.96. The minimum atomic E-state index is 0.521. The Kier molecular flexibility index (Phi) is 7.07. The summed E-state index contributed by atoms with van der Waals surface area (Å²) in [6, 6.07) is 0. The smallest absolute Gasteiger partial charge is 0.175 e. The highest BCUT2D eigenvalue weighted by Crippen LogP contribution is 2.23. The van der Waals surface area contributed by atoms with Crippen molar-refractivity contribution in [1.29, 1.82) is 0 Å². The molecule has 2 nitrogen and oxygen atoms in total. The van der Waals surface area contributed by atoms with Crippen LogP contribution in [0.4, 0.5) is 0 Å². The largest absolute Gasteiger partial charge is 0.405 e. The monoisotopic (exact) mass is 184 g/mol. The molecule has 0 bridgehead atoms. The molecule has 5 heteroatoms. The Balaban J connectivity index is 2.83. The quantitative estimate of drug-likeness (QED) is 0.288. The van der Waals surface area contributed by atoms with Gasteiger partial charge in [0.2, 0.25) is 0 Å². The molecule has 0 atom stereocenters. The van der Waals surface area contributed by atoms with Crippen LogP contribution in [-0.2, 0) is 8.37 Å². The molecule has 0 fully saturated rings. The van der Waals surface area contributed by atoms with Crippen molar-refractivity contribution < 1.29 is 8.37 Å². The van der Waals surface area contributed by atoms with Gasteiger partial charge in [0.25, 0.3) is 0 Å². The first-order chi connectivity index (χ1) is 4.27. The Hall–Kier alpha value is 0.550. The zero-order valence-electron chi connectivity index (χ0n) is 5.25. The fourth-order valence-corrected chi connectivity index (χ4v) is 1.42. The molecule has 0 heterocycles. The van der Waals surface area contributed by atoms with Crippen LogP contribution in [-0.4, -0.2) is 11.7 Å². The third kappa shape index (κ3) is 8.55. The van der Waals surface area contributed by atoms with Crippen molar-refractivity contribution >= 4 is 39.4 Å². The van der Waals surface area contributed by atoms with Gasteiger partial charge in [0.1, 0.15) is 11.1 Å². The lowest BCUT2D eigenvalue weighted by Crippen LogP contribution is -1.83. The molecule has 54 valence electrons. The maximum Gasteiger partial charge on any atom is 0.175 e. The normalized spacial score (nSPS) is 9.11. The Labute approximate surface area is 68.5 Å². The van der Waals surface area contributed by atoms with E-state index in [0.29, 0.717) is 11.7 Å². The predicted molar refractivity (Wildman–Crippen MR) is 46.2 cm³/mol. The van der Waals surface area contributed by atoms with Gasteiger partial charge in [-0.15, -0.1) is 0 Å². The van der Waals surface area contributed by atoms with Crippen LogP contribution in [0.2, 0.25) is 0 Å². The van der Waals surface area contributed by atoms with Crippen molar-refractivity contribution in [3.8, 4) is 0 Å². The third-order valence-electron chi connectivity index (χ3n) is 0.345. The molecule has 0 aliphatic rings. The maximum absolute atomic E-state index is 4.88. The summed E-state index contributed by atoms with van der Waals surface area (Å²) in [6.45, 7) is 4.31. The van der Waals surface area contributed by atoms with Crippen LogP contribution in [0, 0.1) is 0 Å². The van der Waals surface area contributed by atoms with Crippen LogP contribution in [0.5, 0.6) is 0 Å². The Morgan fingerprint density at radius 2 is 2.22 bits per heavy atom. The molecular weight excluding hydrogens is 176 g/mol. The van der Waals surface area contributed by atoms with Gasteiger partial charge in [-0.25, -0.2) is 0 Å². The molecule has 0 aromatic rings. The summed E-state index contributed by atoms with van der Waals surface area (Å²) in [5.41, 5.74) is 0. The first-order valence-electron chi connectivity index (χ1n) is 2.40. The lowest BCUT2D eigenvalue weighted by atomic mass is 10.9. The molecule has 9 heavy (non-hydrogen) atoms. The molecule has 0 unspecified atom stereocenters. The van der Waals surface area contributed by atoms with E-state index < -0.39 is 0 Å². The maximum atomic E-state index is 4.88. The van der Waals surface area contributed by atoms with Crippen molar-refractivity contribution in [2.24, 2.45) is 0 Å². The summed E-state index contributed by atoms with van der Waals surface area (Å²) in [7, 11) is 0. The summed E-state index contributed by atoms with van der Waals surface area (Å²) in [5, 5.41) is 0.521. The van der Waals surface area contributed by atoms with E-state index in [9.17, 15) is 0 Å². The van der Waals surface area contributed by atoms with Crippen LogP contribution in [0.3, 0.4) is 0 Å². The van der Waals surface area contributed by atoms with E-state index in [4.69, 9.17) is 8.37 Å². The Morgan fingerprint density at radius 3 is 2.67 bits per heavy atom. The summed E-state index contributed by atoms with van der Waals surface area (Å²) < 4.78 is 9.71. The van der Waals surface area contributed by atoms with Gasteiger partial charge in [-0.3, -0.25) is 0 Å². The summed E-state index contributed by atoms with van der Waals surface area (Å²) in [5.74, 6) is 0. The van der Waals surface area contributed by atoms with E-state index in [0.717, 1.165) is 11.1 Å². The topological polar surface area (TPSA) is 18.5 Å². The highest BCUT2D eigenvalue weighted by Gasteiger charge is 1.90. The average Bonchev–Trinajstić information content (AvgIpc) is 1.80. The third-order valence-corrected chi connectivity index (χ3v) is 1.90. The molecule has 0 spiro atoms. The second-order valence-corrected chi connectivity index (χ2v) is 3.18. The molecule has 0 N–H and O–H groups in total. The molecular formula is C4H8O2S3. The highest BCUT2D eigenvalue weighted by molar-refractivity contribution is 8.73. The Bertz CT molecular complexity index is 85.9. The number of thiocarbonyl (C=S) groups is 1. The molecule has 0 aromatic carbocycles. The molecule has 0 aliphatic carbocycles. The van der Waals surface area contributed by atoms with E-state index in [1.807, 2.05) is 6.92 Å². The van der Waals surface area contributed by atoms with Gasteiger partial charge < -0.3 is 8.37 Å². The Morgan fingerprint density at radius 1 is 1.56 bits per heavy atom. The van der Waals surface area contributed by atoms with Crippen LogP contribution < -0.4 is 0 Å². The first kappa shape index (κ1) is 9.55. The fraction of sp³-hybridized carbons (Fsp3) is 0.750. The van der Waals surface area contributed by atoms with Gasteiger partial charge in [0, 0.05) is 6.92 Å². The lowest BCUT2D eigenvalue weighted by Gasteiger charge is -1.97. The molecule has 0 rings (SSSR count). The highest BCUT2D eigenvalue weighted by atomic mass is 33.1. The number of hydrogen-bond acceptors (Lipinski definition) is 5. The van der Waals surface area contributed by atoms with Crippen LogP contribution in [0.25, 0.3) is 0 Å².